The van der Waals surface area contributed by atoms with E-state index in [1.165, 1.54) is 26.4 Å². The van der Waals surface area contributed by atoms with E-state index in [0.717, 1.165) is 25.7 Å². The van der Waals surface area contributed by atoms with Gasteiger partial charge < -0.3 is 19.5 Å². The van der Waals surface area contributed by atoms with Crippen LogP contribution in [0.2, 0.25) is 0 Å². The summed E-state index contributed by atoms with van der Waals surface area (Å²) in [6.07, 6.45) is 3.97. The molecule has 0 heterocycles. The quantitative estimate of drug-likeness (QED) is 0.756. The Kier molecular flexibility index (Phi) is 6.62. The molecule has 3 amide bonds. The van der Waals surface area contributed by atoms with Crippen LogP contribution in [0.3, 0.4) is 0 Å². The van der Waals surface area contributed by atoms with Crippen LogP contribution in [0.25, 0.3) is 0 Å². The highest BCUT2D eigenvalue weighted by Gasteiger charge is 2.19. The summed E-state index contributed by atoms with van der Waals surface area (Å²) in [5.74, 6) is -0.547. The van der Waals surface area contributed by atoms with Crippen molar-refractivity contribution >= 4 is 17.9 Å². The van der Waals surface area contributed by atoms with Gasteiger partial charge in [0.15, 0.2) is 18.1 Å². The van der Waals surface area contributed by atoms with Gasteiger partial charge in [0.05, 0.1) is 19.8 Å². The molecule has 2 N–H and O–H groups in total. The fraction of sp³-hybridized carbons (Fsp3) is 0.471. The number of hydrogen-bond donors (Lipinski definition) is 2. The first-order valence-corrected chi connectivity index (χ1v) is 8.03. The number of urea groups is 1. The zero-order chi connectivity index (χ0) is 18.2. The van der Waals surface area contributed by atoms with E-state index in [0.29, 0.717) is 11.5 Å². The van der Waals surface area contributed by atoms with Crippen molar-refractivity contribution in [2.24, 2.45) is 0 Å². The van der Waals surface area contributed by atoms with Crippen molar-refractivity contribution in [3.8, 4) is 11.5 Å². The molecule has 0 radical (unpaired) electrons. The Labute approximate surface area is 145 Å². The Hall–Kier alpha value is -2.77. The Morgan fingerprint density at radius 1 is 1.08 bits per heavy atom. The molecule has 8 heteroatoms. The number of benzene rings is 1. The third kappa shape index (κ3) is 5.37. The fourth-order valence-electron chi connectivity index (χ4n) is 2.63. The van der Waals surface area contributed by atoms with E-state index in [1.54, 1.807) is 6.07 Å². The number of esters is 1. The highest BCUT2D eigenvalue weighted by molar-refractivity contribution is 5.97. The van der Waals surface area contributed by atoms with E-state index in [1.807, 2.05) is 0 Å². The van der Waals surface area contributed by atoms with Crippen LogP contribution in [0.1, 0.15) is 36.0 Å². The predicted octanol–water partition coefficient (Wildman–Crippen LogP) is 1.63. The molecule has 1 saturated carbocycles. The highest BCUT2D eigenvalue weighted by Crippen LogP contribution is 2.27. The minimum Gasteiger partial charge on any atom is -0.493 e. The van der Waals surface area contributed by atoms with Gasteiger partial charge in [-0.05, 0) is 31.0 Å². The standard InChI is InChI=1S/C17H22N2O6/c1-23-13-8-7-11(9-14(13)24-2)16(21)25-10-15(20)19-17(22)18-12-5-3-4-6-12/h7-9,12H,3-6,10H2,1-2H3,(H2,18,19,20,22). The molecule has 1 aliphatic carbocycles. The summed E-state index contributed by atoms with van der Waals surface area (Å²) in [7, 11) is 2.93. The van der Waals surface area contributed by atoms with Crippen LogP contribution in [0.15, 0.2) is 18.2 Å². The lowest BCUT2D eigenvalue weighted by Gasteiger charge is -2.12. The first-order chi connectivity index (χ1) is 12.0. The number of carbonyl (C=O) groups excluding carboxylic acids is 3. The Morgan fingerprint density at radius 2 is 1.76 bits per heavy atom. The predicted molar refractivity (Wildman–Crippen MR) is 88.8 cm³/mol. The molecule has 136 valence electrons. The minimum absolute atomic E-state index is 0.0992. The van der Waals surface area contributed by atoms with Gasteiger partial charge in [0.1, 0.15) is 0 Å². The number of methoxy groups -OCH3 is 2. The lowest BCUT2D eigenvalue weighted by Crippen LogP contribution is -2.44. The largest absolute Gasteiger partial charge is 0.493 e. The molecular weight excluding hydrogens is 328 g/mol. The van der Waals surface area contributed by atoms with Crippen LogP contribution in [0.4, 0.5) is 4.79 Å². The second-order valence-electron chi connectivity index (χ2n) is 5.65. The van der Waals surface area contributed by atoms with Crippen LogP contribution < -0.4 is 20.1 Å². The van der Waals surface area contributed by atoms with Gasteiger partial charge in [-0.25, -0.2) is 9.59 Å². The van der Waals surface area contributed by atoms with Gasteiger partial charge >= 0.3 is 12.0 Å². The number of hydrogen-bond acceptors (Lipinski definition) is 6. The zero-order valence-electron chi connectivity index (χ0n) is 14.3. The monoisotopic (exact) mass is 350 g/mol. The second kappa shape index (κ2) is 8.91. The molecule has 0 aliphatic heterocycles. The number of carbonyl (C=O) groups is 3. The number of imide groups is 1. The maximum atomic E-state index is 12.0. The summed E-state index contributed by atoms with van der Waals surface area (Å²) in [4.78, 5) is 35.3. The van der Waals surface area contributed by atoms with Crippen LogP contribution in [0.5, 0.6) is 11.5 Å². The smallest absolute Gasteiger partial charge is 0.338 e. The van der Waals surface area contributed by atoms with E-state index in [9.17, 15) is 14.4 Å². The lowest BCUT2D eigenvalue weighted by atomic mass is 10.2. The van der Waals surface area contributed by atoms with Gasteiger partial charge in [-0.1, -0.05) is 12.8 Å². The average Bonchev–Trinajstić information content (AvgIpc) is 3.11. The SMILES string of the molecule is COc1ccc(C(=O)OCC(=O)NC(=O)NC2CCCC2)cc1OC. The average molecular weight is 350 g/mol. The summed E-state index contributed by atoms with van der Waals surface area (Å²) < 4.78 is 15.1. The van der Waals surface area contributed by atoms with Crippen molar-refractivity contribution in [3.63, 3.8) is 0 Å². The summed E-state index contributed by atoms with van der Waals surface area (Å²) in [6.45, 7) is -0.550. The summed E-state index contributed by atoms with van der Waals surface area (Å²) in [5, 5.41) is 4.86. The Balaban J connectivity index is 1.80. The van der Waals surface area contributed by atoms with E-state index in [2.05, 4.69) is 10.6 Å². The zero-order valence-corrected chi connectivity index (χ0v) is 14.3. The first kappa shape index (κ1) is 18.6. The van der Waals surface area contributed by atoms with Crippen LogP contribution in [-0.4, -0.2) is 44.8 Å². The Bertz CT molecular complexity index is 640. The van der Waals surface area contributed by atoms with Crippen molar-refractivity contribution in [1.82, 2.24) is 10.6 Å². The number of nitrogens with one attached hydrogen (secondary N) is 2. The van der Waals surface area contributed by atoms with Crippen LogP contribution >= 0.6 is 0 Å². The van der Waals surface area contributed by atoms with Gasteiger partial charge in [-0.3, -0.25) is 10.1 Å². The van der Waals surface area contributed by atoms with Crippen molar-refractivity contribution in [2.75, 3.05) is 20.8 Å². The van der Waals surface area contributed by atoms with Crippen LogP contribution in [-0.2, 0) is 9.53 Å². The third-order valence-electron chi connectivity index (χ3n) is 3.90. The van der Waals surface area contributed by atoms with Crippen molar-refractivity contribution in [2.45, 2.75) is 31.7 Å². The molecule has 1 aromatic rings. The van der Waals surface area contributed by atoms with Gasteiger partial charge in [0, 0.05) is 6.04 Å². The maximum Gasteiger partial charge on any atom is 0.338 e. The molecule has 2 rings (SSSR count). The molecule has 0 saturated heterocycles. The molecule has 1 fully saturated rings. The summed E-state index contributed by atoms with van der Waals surface area (Å²) >= 11 is 0. The minimum atomic E-state index is -0.702. The van der Waals surface area contributed by atoms with Crippen molar-refractivity contribution in [3.05, 3.63) is 23.8 Å². The van der Waals surface area contributed by atoms with E-state index in [4.69, 9.17) is 14.2 Å². The second-order valence-corrected chi connectivity index (χ2v) is 5.65. The van der Waals surface area contributed by atoms with Gasteiger partial charge in [-0.2, -0.15) is 0 Å². The maximum absolute atomic E-state index is 12.0. The molecule has 0 spiro atoms. The summed E-state index contributed by atoms with van der Waals surface area (Å²) in [6, 6.07) is 4.03. The van der Waals surface area contributed by atoms with E-state index >= 15 is 0 Å². The fourth-order valence-corrected chi connectivity index (χ4v) is 2.63. The van der Waals surface area contributed by atoms with E-state index < -0.39 is 24.5 Å². The molecule has 8 nitrogen and oxygen atoms in total. The van der Waals surface area contributed by atoms with Gasteiger partial charge in [0.25, 0.3) is 5.91 Å². The molecule has 0 unspecified atom stereocenters. The normalized spacial score (nSPS) is 13.8. The van der Waals surface area contributed by atoms with Crippen LogP contribution in [0, 0.1) is 0 Å². The molecule has 25 heavy (non-hydrogen) atoms. The van der Waals surface area contributed by atoms with Crippen molar-refractivity contribution < 1.29 is 28.6 Å². The van der Waals surface area contributed by atoms with Crippen molar-refractivity contribution in [1.29, 1.82) is 0 Å². The molecule has 0 aromatic heterocycles. The van der Waals surface area contributed by atoms with Gasteiger partial charge in [0.2, 0.25) is 0 Å². The molecule has 1 aliphatic rings. The topological polar surface area (TPSA) is 103 Å². The first-order valence-electron chi connectivity index (χ1n) is 8.03. The van der Waals surface area contributed by atoms with Gasteiger partial charge in [-0.15, -0.1) is 0 Å². The lowest BCUT2D eigenvalue weighted by molar-refractivity contribution is -0.123. The Morgan fingerprint density at radius 3 is 2.40 bits per heavy atom. The molecule has 1 aromatic carbocycles. The van der Waals surface area contributed by atoms with E-state index in [-0.39, 0.29) is 11.6 Å². The molecular formula is C17H22N2O6. The molecule has 0 atom stereocenters. The number of ether oxygens (including phenoxy) is 3. The number of amides is 3. The molecule has 0 bridgehead atoms. The highest BCUT2D eigenvalue weighted by atomic mass is 16.5. The third-order valence-corrected chi connectivity index (χ3v) is 3.90. The number of rotatable bonds is 6. The summed E-state index contributed by atoms with van der Waals surface area (Å²) in [5.41, 5.74) is 0.209.